The number of aromatic amines is 2. The highest BCUT2D eigenvalue weighted by atomic mass is 16.5. The molecule has 2 heterocycles. The Morgan fingerprint density at radius 1 is 0.507 bits per heavy atom. The molecule has 2 aromatic heterocycles. The van der Waals surface area contributed by atoms with Gasteiger partial charge >= 0.3 is 11.9 Å². The molecule has 0 bridgehead atoms. The van der Waals surface area contributed by atoms with Crippen LogP contribution in [0.15, 0.2) is 143 Å². The molecule has 0 unspecified atom stereocenters. The van der Waals surface area contributed by atoms with Crippen LogP contribution in [0.5, 0.6) is 11.8 Å². The number of hydrogen-bond donors (Lipinski definition) is 5. The third kappa shape index (κ3) is 13.5. The molecule has 0 aliphatic heterocycles. The molecule has 14 nitrogen and oxygen atoms in total. The largest absolute Gasteiger partial charge is 0.494 e. The van der Waals surface area contributed by atoms with Crippen LogP contribution in [-0.4, -0.2) is 105 Å². The molecular weight excluding hydrogens is 921 g/mol. The lowest BCUT2D eigenvalue weighted by Gasteiger charge is -2.11. The van der Waals surface area contributed by atoms with Gasteiger partial charge in [0.25, 0.3) is 0 Å². The van der Waals surface area contributed by atoms with Crippen LogP contribution in [0.4, 0.5) is 11.4 Å². The second-order valence-electron chi connectivity index (χ2n) is 18.4. The molecule has 0 saturated heterocycles. The number of aliphatic imine (C=N–C) groups is 2. The number of aryl methyl sites for hydroxylation is 2. The zero-order chi connectivity index (χ0) is 52.3. The first-order valence-electron chi connectivity index (χ1n) is 23.8. The number of H-pyrrole nitrogens is 2. The summed E-state index contributed by atoms with van der Waals surface area (Å²) in [6.07, 6.45) is 1.34. The summed E-state index contributed by atoms with van der Waals surface area (Å²) in [4.78, 5) is 66.7. The van der Waals surface area contributed by atoms with Crippen molar-refractivity contribution in [2.24, 2.45) is 9.98 Å². The first kappa shape index (κ1) is 52.4. The molecule has 0 amide bonds. The summed E-state index contributed by atoms with van der Waals surface area (Å²) >= 11 is 0. The number of Topliss-reactive ketones (excluding diaryl/α,β-unsaturated/α-hetero) is 2. The molecule has 0 spiro atoms. The van der Waals surface area contributed by atoms with Gasteiger partial charge in [-0.2, -0.15) is 0 Å². The summed E-state index contributed by atoms with van der Waals surface area (Å²) in [6.45, 7) is 4.66. The van der Waals surface area contributed by atoms with Crippen LogP contribution in [-0.2, 0) is 40.3 Å². The van der Waals surface area contributed by atoms with E-state index < -0.39 is 5.97 Å². The van der Waals surface area contributed by atoms with Crippen molar-refractivity contribution in [2.45, 2.75) is 52.6 Å². The van der Waals surface area contributed by atoms with Gasteiger partial charge in [-0.25, -0.2) is 9.98 Å². The van der Waals surface area contributed by atoms with Crippen molar-refractivity contribution in [3.8, 4) is 11.8 Å². The van der Waals surface area contributed by atoms with E-state index in [-0.39, 0.29) is 35.7 Å². The van der Waals surface area contributed by atoms with E-state index in [0.717, 1.165) is 52.3 Å². The summed E-state index contributed by atoms with van der Waals surface area (Å²) in [5, 5.41) is 32.3. The van der Waals surface area contributed by atoms with Gasteiger partial charge in [0.15, 0.2) is 23.3 Å². The van der Waals surface area contributed by atoms with Crippen LogP contribution < -0.4 is 0 Å². The number of carbonyl (C=O) groups is 4. The Bertz CT molecular complexity index is 3330. The fourth-order valence-electron chi connectivity index (χ4n) is 8.40. The molecule has 5 N–H and O–H groups in total. The lowest BCUT2D eigenvalue weighted by molar-refractivity contribution is -0.140. The number of fused-ring (bicyclic) bond motifs is 2. The van der Waals surface area contributed by atoms with E-state index in [1.165, 1.54) is 26.5 Å². The average molecular weight is 981 g/mol. The van der Waals surface area contributed by atoms with Gasteiger partial charge in [-0.05, 0) is 138 Å². The van der Waals surface area contributed by atoms with Crippen molar-refractivity contribution in [3.63, 3.8) is 0 Å². The number of aromatic hydroxyl groups is 2. The maximum Gasteiger partial charge on any atom is 0.305 e. The number of benzene rings is 6. The first-order valence-corrected chi connectivity index (χ1v) is 23.8. The Morgan fingerprint density at radius 3 is 1.21 bits per heavy atom. The molecule has 6 aromatic carbocycles. The predicted molar refractivity (Wildman–Crippen MR) is 287 cm³/mol. The molecule has 0 aliphatic rings. The predicted octanol–water partition coefficient (Wildman–Crippen LogP) is 10.7. The number of methoxy groups -OCH3 is 1. The minimum atomic E-state index is -0.843. The minimum Gasteiger partial charge on any atom is -0.494 e. The second kappa shape index (κ2) is 23.6. The summed E-state index contributed by atoms with van der Waals surface area (Å²) in [7, 11) is 9.45. The number of aromatic nitrogens is 2. The van der Waals surface area contributed by atoms with E-state index in [1.807, 2.05) is 125 Å². The summed E-state index contributed by atoms with van der Waals surface area (Å²) in [5.74, 6) is -1.28. The Kier molecular flexibility index (Phi) is 17.0. The number of nitrogens with one attached hydrogen (secondary N) is 2. The molecule has 0 fully saturated rings. The number of carboxylic acid groups (broad SMARTS) is 1. The maximum absolute atomic E-state index is 12.1. The fraction of sp³-hybridized carbons (Fsp3) is 0.220. The monoisotopic (exact) mass is 980 g/mol. The molecule has 73 heavy (non-hydrogen) atoms. The lowest BCUT2D eigenvalue weighted by Crippen LogP contribution is -2.10. The molecule has 8 aromatic rings. The van der Waals surface area contributed by atoms with Gasteiger partial charge in [-0.3, -0.25) is 19.2 Å². The standard InChI is InChI=1S/C30H31N3O4.C29H29N3O4/c1-19(34)23-12-15-26-25(17-23)28(30(36)32-26)29(31-24-13-7-21(8-14-24)18-33(2)3)22-10-5-20(6-11-22)9-16-27(35)37-4;1-18(33)22-11-14-25-24(16-22)27(29(36)31-25)28(21-9-4-19(5-10-21)8-15-26(34)35)30-23-12-6-20(7-13-23)17-32(2)3/h5-8,10-15,17,32,36H,9,16,18H2,1-4H3;4-7,9-14,16,31,36H,8,15,17H2,1-3H3,(H,34,35). The van der Waals surface area contributed by atoms with Crippen molar-refractivity contribution in [1.82, 2.24) is 19.8 Å². The van der Waals surface area contributed by atoms with Crippen molar-refractivity contribution in [1.29, 1.82) is 0 Å². The Balaban J connectivity index is 0.000000214. The van der Waals surface area contributed by atoms with E-state index in [2.05, 4.69) is 19.8 Å². The van der Waals surface area contributed by atoms with E-state index in [1.54, 1.807) is 36.4 Å². The minimum absolute atomic E-state index is 0.0200. The normalized spacial score (nSPS) is 11.8. The number of ketones is 2. The number of rotatable bonds is 18. The number of carboxylic acids is 1. The van der Waals surface area contributed by atoms with E-state index in [4.69, 9.17) is 19.8 Å². The van der Waals surface area contributed by atoms with Crippen LogP contribution in [0, 0.1) is 0 Å². The van der Waals surface area contributed by atoms with Crippen LogP contribution in [0.1, 0.15) is 91.9 Å². The number of ether oxygens (including phenoxy) is 1. The average Bonchev–Trinajstić information content (AvgIpc) is 3.88. The van der Waals surface area contributed by atoms with E-state index >= 15 is 0 Å². The van der Waals surface area contributed by atoms with Gasteiger partial charge in [0.1, 0.15) is 0 Å². The van der Waals surface area contributed by atoms with Crippen LogP contribution in [0.25, 0.3) is 21.8 Å². The summed E-state index contributed by atoms with van der Waals surface area (Å²) in [5.41, 5.74) is 11.9. The highest BCUT2D eigenvalue weighted by Crippen LogP contribution is 2.34. The Labute approximate surface area is 424 Å². The molecule has 374 valence electrons. The van der Waals surface area contributed by atoms with Gasteiger partial charge in [0.2, 0.25) is 0 Å². The third-order valence-electron chi connectivity index (χ3n) is 12.1. The van der Waals surface area contributed by atoms with Crippen LogP contribution in [0.3, 0.4) is 0 Å². The topological polar surface area (TPSA) is 201 Å². The van der Waals surface area contributed by atoms with Crippen molar-refractivity contribution in [3.05, 3.63) is 189 Å². The summed E-state index contributed by atoms with van der Waals surface area (Å²) in [6, 6.07) is 41.7. The van der Waals surface area contributed by atoms with Crippen LogP contribution in [0.2, 0.25) is 0 Å². The highest BCUT2D eigenvalue weighted by molar-refractivity contribution is 6.23. The van der Waals surface area contributed by atoms with Crippen molar-refractivity contribution < 1.29 is 39.2 Å². The van der Waals surface area contributed by atoms with Gasteiger partial charge in [0, 0.05) is 70.0 Å². The Hall–Kier alpha value is -8.46. The highest BCUT2D eigenvalue weighted by Gasteiger charge is 2.22. The number of nitrogens with zero attached hydrogens (tertiary/aromatic N) is 4. The van der Waals surface area contributed by atoms with Gasteiger partial charge < -0.3 is 39.8 Å². The van der Waals surface area contributed by atoms with E-state index in [0.29, 0.717) is 74.7 Å². The zero-order valence-corrected chi connectivity index (χ0v) is 42.1. The van der Waals surface area contributed by atoms with Crippen molar-refractivity contribution in [2.75, 3.05) is 35.3 Å². The van der Waals surface area contributed by atoms with Gasteiger partial charge in [-0.15, -0.1) is 0 Å². The van der Waals surface area contributed by atoms with Gasteiger partial charge in [0.05, 0.1) is 41.0 Å². The molecule has 0 atom stereocenters. The van der Waals surface area contributed by atoms with Gasteiger partial charge in [-0.1, -0.05) is 72.8 Å². The number of esters is 1. The second-order valence-corrected chi connectivity index (χ2v) is 18.4. The molecule has 14 heteroatoms. The summed E-state index contributed by atoms with van der Waals surface area (Å²) < 4.78 is 4.74. The fourth-order valence-corrected chi connectivity index (χ4v) is 8.40. The maximum atomic E-state index is 12.1. The zero-order valence-electron chi connectivity index (χ0n) is 42.1. The number of carbonyl (C=O) groups excluding carboxylic acids is 3. The smallest absolute Gasteiger partial charge is 0.305 e. The Morgan fingerprint density at radius 2 is 0.863 bits per heavy atom. The van der Waals surface area contributed by atoms with Crippen LogP contribution >= 0.6 is 0 Å². The van der Waals surface area contributed by atoms with E-state index in [9.17, 15) is 29.4 Å². The van der Waals surface area contributed by atoms with Crippen molar-refractivity contribution >= 4 is 68.1 Å². The number of aliphatic carboxylic acids is 1. The number of hydrogen-bond acceptors (Lipinski definition) is 11. The lowest BCUT2D eigenvalue weighted by atomic mass is 9.97. The molecule has 8 rings (SSSR count). The molecule has 0 aliphatic carbocycles. The first-order chi connectivity index (χ1) is 35.0. The molecular formula is C59H60N6O8. The third-order valence-corrected chi connectivity index (χ3v) is 12.1. The SMILES string of the molecule is CC(=O)c1ccc2[nH]c(O)c(C(=Nc3ccc(CN(C)C)cc3)c3ccc(CCC(=O)O)cc3)c2c1.COC(=O)CCc1ccc(C(=Nc2ccc(CN(C)C)cc2)c2c(O)[nH]c3ccc(C(C)=O)cc23)cc1. The quantitative estimate of drug-likeness (QED) is 0.0313. The molecule has 0 saturated carbocycles. The molecule has 0 radical (unpaired) electrons.